The number of morpholine rings is 1. The quantitative estimate of drug-likeness (QED) is 0.368. The van der Waals surface area contributed by atoms with Crippen LogP contribution >= 0.6 is 11.3 Å². The molecule has 4 rings (SSSR count). The van der Waals surface area contributed by atoms with Gasteiger partial charge < -0.3 is 29.0 Å². The summed E-state index contributed by atoms with van der Waals surface area (Å²) in [4.78, 5) is 35.9. The molecule has 14 heteroatoms. The zero-order valence-corrected chi connectivity index (χ0v) is 22.5. The molecule has 10 nitrogen and oxygen atoms in total. The number of methoxy groups -OCH3 is 1. The zero-order valence-electron chi connectivity index (χ0n) is 21.6. The number of ether oxygens (including phenoxy) is 3. The van der Waals surface area contributed by atoms with Crippen molar-refractivity contribution in [1.29, 1.82) is 0 Å². The van der Waals surface area contributed by atoms with E-state index in [1.807, 2.05) is 6.07 Å². The Balaban J connectivity index is 1.60. The monoisotopic (exact) mass is 579 g/mol. The van der Waals surface area contributed by atoms with Gasteiger partial charge in [-0.25, -0.2) is 0 Å². The molecule has 0 unspecified atom stereocenters. The Morgan fingerprint density at radius 1 is 1.18 bits per heavy atom. The van der Waals surface area contributed by atoms with Crippen LogP contribution in [0.5, 0.6) is 5.75 Å². The number of rotatable bonds is 10. The zero-order chi connectivity index (χ0) is 28.5. The number of hydrogen-bond acceptors (Lipinski definition) is 8. The van der Waals surface area contributed by atoms with E-state index in [1.165, 1.54) is 42.7 Å². The van der Waals surface area contributed by atoms with Crippen LogP contribution in [0.15, 0.2) is 53.0 Å². The Kier molecular flexibility index (Phi) is 9.90. The van der Waals surface area contributed by atoms with Gasteiger partial charge in [-0.05, 0) is 48.4 Å². The van der Waals surface area contributed by atoms with E-state index in [1.54, 1.807) is 22.2 Å². The van der Waals surface area contributed by atoms with Crippen LogP contribution in [0.25, 0.3) is 11.3 Å². The topological polar surface area (TPSA) is 107 Å². The van der Waals surface area contributed by atoms with Crippen LogP contribution in [0.2, 0.25) is 0 Å². The number of aromatic nitrogens is 2. The number of hydrogen-bond donors (Lipinski definition) is 1. The van der Waals surface area contributed by atoms with Gasteiger partial charge in [0.2, 0.25) is 5.91 Å². The number of nitrogens with zero attached hydrogens (tertiary/aromatic N) is 4. The van der Waals surface area contributed by atoms with Gasteiger partial charge in [-0.2, -0.15) is 4.99 Å². The van der Waals surface area contributed by atoms with Gasteiger partial charge in [0.05, 0.1) is 18.9 Å². The van der Waals surface area contributed by atoms with Crippen molar-refractivity contribution < 1.29 is 37.0 Å². The Bertz CT molecular complexity index is 1370. The highest BCUT2D eigenvalue weighted by Crippen LogP contribution is 2.27. The smallest absolute Gasteiger partial charge is 0.406 e. The van der Waals surface area contributed by atoms with Crippen molar-refractivity contribution >= 4 is 28.8 Å². The molecule has 1 aromatic carbocycles. The Morgan fingerprint density at radius 3 is 2.62 bits per heavy atom. The van der Waals surface area contributed by atoms with Gasteiger partial charge in [0.15, 0.2) is 4.80 Å². The van der Waals surface area contributed by atoms with Gasteiger partial charge in [0.1, 0.15) is 18.1 Å². The number of carbonyl (C=O) groups excluding carboxylic acids is 2. The molecular formula is C26H28F3N5O5S. The molecule has 40 heavy (non-hydrogen) atoms. The first-order chi connectivity index (χ1) is 19.2. The lowest BCUT2D eigenvalue weighted by atomic mass is 10.1. The summed E-state index contributed by atoms with van der Waals surface area (Å²) >= 11 is 1.22. The molecule has 3 aromatic rings. The number of alkyl halides is 3. The van der Waals surface area contributed by atoms with Crippen LogP contribution in [0.4, 0.5) is 18.9 Å². The third kappa shape index (κ3) is 8.13. The molecule has 1 N–H and O–H groups in total. The molecule has 0 spiro atoms. The van der Waals surface area contributed by atoms with E-state index in [2.05, 4.69) is 24.9 Å². The van der Waals surface area contributed by atoms with E-state index in [0.717, 1.165) is 5.69 Å². The van der Waals surface area contributed by atoms with Crippen molar-refractivity contribution in [2.45, 2.75) is 19.3 Å². The molecule has 2 aromatic heterocycles. The molecule has 0 aliphatic carbocycles. The van der Waals surface area contributed by atoms with E-state index in [-0.39, 0.29) is 24.0 Å². The van der Waals surface area contributed by atoms with Gasteiger partial charge in [-0.1, -0.05) is 0 Å². The molecule has 1 aliphatic heterocycles. The maximum absolute atomic E-state index is 13.1. The highest BCUT2D eigenvalue weighted by molar-refractivity contribution is 7.07. The minimum Gasteiger partial charge on any atom is -0.406 e. The highest BCUT2D eigenvalue weighted by atomic mass is 32.1. The van der Waals surface area contributed by atoms with Crippen LogP contribution in [-0.4, -0.2) is 74.3 Å². The van der Waals surface area contributed by atoms with Crippen LogP contribution in [-0.2, 0) is 20.8 Å². The summed E-state index contributed by atoms with van der Waals surface area (Å²) in [6.07, 6.45) is -2.73. The molecule has 214 valence electrons. The third-order valence-corrected chi connectivity index (χ3v) is 6.74. The van der Waals surface area contributed by atoms with E-state index in [4.69, 9.17) is 9.47 Å². The first-order valence-electron chi connectivity index (χ1n) is 12.4. The lowest BCUT2D eigenvalue weighted by Gasteiger charge is -2.28. The SMILES string of the molecule is COCC(=O)NCCCn1c(-c2ccc(OC(F)(F)F)cc2)csc1=NC(=O)c1cc(N2CCOCC2)ccn1. The first kappa shape index (κ1) is 29.2. The van der Waals surface area contributed by atoms with Gasteiger partial charge in [-0.3, -0.25) is 14.6 Å². The van der Waals surface area contributed by atoms with Gasteiger partial charge >= 0.3 is 6.36 Å². The minimum atomic E-state index is -4.80. The van der Waals surface area contributed by atoms with E-state index < -0.39 is 12.3 Å². The first-order valence-corrected chi connectivity index (χ1v) is 13.3. The van der Waals surface area contributed by atoms with Crippen molar-refractivity contribution in [3.05, 3.63) is 58.5 Å². The molecule has 0 saturated carbocycles. The second-order valence-electron chi connectivity index (χ2n) is 8.68. The minimum absolute atomic E-state index is 0.0607. The summed E-state index contributed by atoms with van der Waals surface area (Å²) in [5.74, 6) is -1.13. The van der Waals surface area contributed by atoms with Crippen molar-refractivity contribution in [3.63, 3.8) is 0 Å². The Hall–Kier alpha value is -3.75. The summed E-state index contributed by atoms with van der Waals surface area (Å²) < 4.78 is 53.7. The predicted molar refractivity (Wildman–Crippen MR) is 141 cm³/mol. The number of benzene rings is 1. The van der Waals surface area contributed by atoms with Crippen LogP contribution in [0.1, 0.15) is 16.9 Å². The maximum Gasteiger partial charge on any atom is 0.573 e. The number of pyridine rings is 1. The summed E-state index contributed by atoms with van der Waals surface area (Å²) in [5.41, 5.74) is 2.29. The fourth-order valence-corrected chi connectivity index (χ4v) is 4.97. The molecule has 1 aliphatic rings. The summed E-state index contributed by atoms with van der Waals surface area (Å²) in [6.45, 7) is 3.27. The largest absolute Gasteiger partial charge is 0.573 e. The maximum atomic E-state index is 13.1. The number of anilines is 1. The molecule has 1 fully saturated rings. The number of amides is 2. The summed E-state index contributed by atoms with van der Waals surface area (Å²) in [7, 11) is 1.42. The lowest BCUT2D eigenvalue weighted by Crippen LogP contribution is -2.36. The molecule has 2 amide bonds. The van der Waals surface area contributed by atoms with Crippen LogP contribution in [0.3, 0.4) is 0 Å². The van der Waals surface area contributed by atoms with Crippen molar-refractivity contribution in [1.82, 2.24) is 14.9 Å². The van der Waals surface area contributed by atoms with Crippen molar-refractivity contribution in [3.8, 4) is 17.0 Å². The van der Waals surface area contributed by atoms with E-state index >= 15 is 0 Å². The summed E-state index contributed by atoms with van der Waals surface area (Å²) in [6, 6.07) is 8.96. The van der Waals surface area contributed by atoms with Crippen molar-refractivity contribution in [2.75, 3.05) is 51.5 Å². The molecule has 0 bridgehead atoms. The lowest BCUT2D eigenvalue weighted by molar-refractivity contribution is -0.274. The molecule has 1 saturated heterocycles. The van der Waals surface area contributed by atoms with Gasteiger partial charge in [-0.15, -0.1) is 24.5 Å². The Morgan fingerprint density at radius 2 is 1.93 bits per heavy atom. The highest BCUT2D eigenvalue weighted by Gasteiger charge is 2.31. The van der Waals surface area contributed by atoms with Crippen LogP contribution < -0.4 is 19.8 Å². The number of halogens is 3. The predicted octanol–water partition coefficient (Wildman–Crippen LogP) is 3.24. The van der Waals surface area contributed by atoms with Crippen molar-refractivity contribution in [2.24, 2.45) is 4.99 Å². The molecule has 0 radical (unpaired) electrons. The Labute approximate surface area is 232 Å². The molecule has 0 atom stereocenters. The summed E-state index contributed by atoms with van der Waals surface area (Å²) in [5, 5.41) is 4.51. The fraction of sp³-hybridized carbons (Fsp3) is 0.385. The average Bonchev–Trinajstić information content (AvgIpc) is 3.33. The average molecular weight is 580 g/mol. The van der Waals surface area contributed by atoms with E-state index in [0.29, 0.717) is 61.9 Å². The van der Waals surface area contributed by atoms with E-state index in [9.17, 15) is 22.8 Å². The van der Waals surface area contributed by atoms with Crippen LogP contribution in [0, 0.1) is 0 Å². The van der Waals surface area contributed by atoms with Gasteiger partial charge in [0, 0.05) is 50.6 Å². The standard InChI is InChI=1S/C26H28F3N5O5S/c1-37-16-23(35)31-8-2-10-34-22(18-3-5-20(6-4-18)39-26(27,28)29)17-40-25(34)32-24(36)21-15-19(7-9-30-21)33-11-13-38-14-12-33/h3-7,9,15,17H,2,8,10-14,16H2,1H3,(H,31,35). The fourth-order valence-electron chi connectivity index (χ4n) is 4.04. The van der Waals surface area contributed by atoms with Gasteiger partial charge in [0.25, 0.3) is 5.91 Å². The number of thiazole rings is 1. The number of carbonyl (C=O) groups is 2. The molecular weight excluding hydrogens is 551 g/mol. The molecule has 3 heterocycles. The second kappa shape index (κ2) is 13.5. The number of nitrogens with one attached hydrogen (secondary N) is 1. The second-order valence-corrected chi connectivity index (χ2v) is 9.52. The normalized spacial score (nSPS) is 14.3. The third-order valence-electron chi connectivity index (χ3n) is 5.87.